The van der Waals surface area contributed by atoms with Gasteiger partial charge in [-0.3, -0.25) is 0 Å². The van der Waals surface area contributed by atoms with Crippen LogP contribution < -0.4 is 0 Å². The lowest BCUT2D eigenvalue weighted by Gasteiger charge is -2.36. The Bertz CT molecular complexity index is 1070. The Balaban J connectivity index is 1.77. The zero-order valence-corrected chi connectivity index (χ0v) is 17.5. The van der Waals surface area contributed by atoms with Gasteiger partial charge in [-0.15, -0.1) is 0 Å². The van der Waals surface area contributed by atoms with Crippen molar-refractivity contribution in [1.29, 1.82) is 0 Å². The van der Waals surface area contributed by atoms with Crippen molar-refractivity contribution in [2.24, 2.45) is 5.41 Å². The molecule has 0 spiro atoms. The number of hydrogen-bond acceptors (Lipinski definition) is 6. The summed E-state index contributed by atoms with van der Waals surface area (Å²) in [6.07, 6.45) is 2.74. The van der Waals surface area contributed by atoms with Crippen molar-refractivity contribution in [3.8, 4) is 34.5 Å². The number of unbranched alkanes of at least 4 members (excludes halogenated alkanes) is 1. The normalized spacial score (nSPS) is 26.0. The van der Waals surface area contributed by atoms with Crippen LogP contribution in [0.15, 0.2) is 36.4 Å². The van der Waals surface area contributed by atoms with Crippen LogP contribution >= 0.6 is 0 Å². The lowest BCUT2D eigenvalue weighted by atomic mass is 9.65. The van der Waals surface area contributed by atoms with Crippen molar-refractivity contribution in [2.75, 3.05) is 0 Å². The van der Waals surface area contributed by atoms with E-state index in [1.807, 2.05) is 0 Å². The number of phenolic OH excluding ortho intramolecular Hbond substituents is 6. The molecule has 164 valence electrons. The Morgan fingerprint density at radius 3 is 1.00 bits per heavy atom. The number of fused-ring (bicyclic) bond motifs is 9. The summed E-state index contributed by atoms with van der Waals surface area (Å²) >= 11 is 0. The van der Waals surface area contributed by atoms with Crippen molar-refractivity contribution < 1.29 is 30.6 Å². The van der Waals surface area contributed by atoms with Crippen LogP contribution in [-0.2, 0) is 0 Å². The molecule has 6 nitrogen and oxygen atoms in total. The first kappa shape index (κ1) is 19.2. The molecular formula is C26H24O6. The second-order valence-corrected chi connectivity index (χ2v) is 9.42. The van der Waals surface area contributed by atoms with Gasteiger partial charge >= 0.3 is 0 Å². The molecule has 0 saturated heterocycles. The second-order valence-electron chi connectivity index (χ2n) is 9.42. The molecule has 0 fully saturated rings. The molecule has 0 heterocycles. The van der Waals surface area contributed by atoms with Gasteiger partial charge in [-0.2, -0.15) is 0 Å². The molecule has 32 heavy (non-hydrogen) atoms. The van der Waals surface area contributed by atoms with E-state index in [2.05, 4.69) is 6.92 Å². The van der Waals surface area contributed by atoms with Gasteiger partial charge in [0.1, 0.15) is 0 Å². The minimum absolute atomic E-state index is 0.177. The van der Waals surface area contributed by atoms with Gasteiger partial charge in [-0.05, 0) is 76.2 Å². The maximum Gasteiger partial charge on any atom is 0.157 e. The van der Waals surface area contributed by atoms with Gasteiger partial charge in [-0.1, -0.05) is 19.8 Å². The third-order valence-electron chi connectivity index (χ3n) is 7.98. The highest BCUT2D eigenvalue weighted by Crippen LogP contribution is 2.78. The molecular weight excluding hydrogens is 408 g/mol. The molecule has 6 rings (SSSR count). The Hall–Kier alpha value is -3.54. The van der Waals surface area contributed by atoms with Crippen LogP contribution in [0.5, 0.6) is 34.5 Å². The minimum atomic E-state index is -0.399. The van der Waals surface area contributed by atoms with Crippen LogP contribution in [0.3, 0.4) is 0 Å². The van der Waals surface area contributed by atoms with Crippen molar-refractivity contribution in [1.82, 2.24) is 0 Å². The summed E-state index contributed by atoms with van der Waals surface area (Å²) in [4.78, 5) is 0. The molecule has 0 amide bonds. The number of phenols is 6. The molecule has 0 radical (unpaired) electrons. The topological polar surface area (TPSA) is 121 Å². The summed E-state index contributed by atoms with van der Waals surface area (Å²) in [5.41, 5.74) is 4.90. The van der Waals surface area contributed by atoms with Gasteiger partial charge in [0.2, 0.25) is 0 Å². The number of rotatable bonds is 3. The first-order valence-corrected chi connectivity index (χ1v) is 11.0. The Labute approximate surface area is 184 Å². The van der Waals surface area contributed by atoms with Crippen LogP contribution in [0, 0.1) is 5.41 Å². The second kappa shape index (κ2) is 6.03. The molecule has 0 aromatic heterocycles. The average Bonchev–Trinajstić information content (AvgIpc) is 3.27. The molecule has 3 aromatic carbocycles. The summed E-state index contributed by atoms with van der Waals surface area (Å²) in [6.45, 7) is 2.12. The van der Waals surface area contributed by atoms with Crippen LogP contribution in [0.1, 0.15) is 77.3 Å². The fraction of sp³-hybridized carbons (Fsp3) is 0.308. The number of benzene rings is 3. The molecule has 3 aliphatic carbocycles. The molecule has 0 aliphatic heterocycles. The van der Waals surface area contributed by atoms with E-state index in [1.54, 1.807) is 36.4 Å². The Morgan fingerprint density at radius 2 is 0.781 bits per heavy atom. The number of aromatic hydroxyl groups is 6. The van der Waals surface area contributed by atoms with Gasteiger partial charge < -0.3 is 30.6 Å². The van der Waals surface area contributed by atoms with E-state index in [1.165, 1.54) is 0 Å². The summed E-state index contributed by atoms with van der Waals surface area (Å²) in [7, 11) is 0. The molecule has 0 unspecified atom stereocenters. The molecule has 6 N–H and O–H groups in total. The van der Waals surface area contributed by atoms with Gasteiger partial charge in [-0.25, -0.2) is 0 Å². The van der Waals surface area contributed by atoms with Crippen LogP contribution in [0.2, 0.25) is 0 Å². The van der Waals surface area contributed by atoms with E-state index < -0.39 is 5.41 Å². The molecule has 6 heteroatoms. The largest absolute Gasteiger partial charge is 0.504 e. The van der Waals surface area contributed by atoms with Crippen molar-refractivity contribution >= 4 is 0 Å². The highest BCUT2D eigenvalue weighted by atomic mass is 16.3. The standard InChI is InChI=1S/C26H24O6/c1-2-3-4-26-23-11-5-17(27)18(28)6-12(11)24(26)15-9-21(31)22(32)10-16(15)25(26)14-8-20(30)19(29)7-13(14)23/h5-10,23-25,27-32H,2-4H2,1H3. The lowest BCUT2D eigenvalue weighted by Crippen LogP contribution is -2.28. The quantitative estimate of drug-likeness (QED) is 0.330. The smallest absolute Gasteiger partial charge is 0.157 e. The Morgan fingerprint density at radius 1 is 0.531 bits per heavy atom. The first-order chi connectivity index (χ1) is 15.3. The predicted octanol–water partition coefficient (Wildman–Crippen LogP) is 4.83. The van der Waals surface area contributed by atoms with E-state index in [4.69, 9.17) is 0 Å². The highest BCUT2D eigenvalue weighted by molar-refractivity contribution is 5.73. The summed E-state index contributed by atoms with van der Waals surface area (Å²) < 4.78 is 0. The van der Waals surface area contributed by atoms with Gasteiger partial charge in [0.05, 0.1) is 0 Å². The molecule has 3 aromatic rings. The van der Waals surface area contributed by atoms with Crippen LogP contribution in [0.4, 0.5) is 0 Å². The maximum absolute atomic E-state index is 10.3. The summed E-state index contributed by atoms with van der Waals surface area (Å²) in [6, 6.07) is 9.65. The first-order valence-electron chi connectivity index (χ1n) is 11.0. The van der Waals surface area contributed by atoms with Gasteiger partial charge in [0.25, 0.3) is 0 Å². The molecule has 3 aliphatic rings. The van der Waals surface area contributed by atoms with Crippen molar-refractivity contribution in [3.05, 3.63) is 69.8 Å². The molecule has 0 saturated carbocycles. The van der Waals surface area contributed by atoms with Crippen LogP contribution in [-0.4, -0.2) is 30.6 Å². The minimum Gasteiger partial charge on any atom is -0.504 e. The third kappa shape index (κ3) is 2.05. The maximum atomic E-state index is 10.3. The van der Waals surface area contributed by atoms with E-state index in [-0.39, 0.29) is 52.3 Å². The molecule has 0 bridgehead atoms. The fourth-order valence-corrected chi connectivity index (χ4v) is 6.98. The Kier molecular flexibility index (Phi) is 3.61. The third-order valence-corrected chi connectivity index (χ3v) is 7.98. The fourth-order valence-electron chi connectivity index (χ4n) is 6.98. The summed E-state index contributed by atoms with van der Waals surface area (Å²) in [5.74, 6) is -1.72. The summed E-state index contributed by atoms with van der Waals surface area (Å²) in [5, 5.41) is 62.1. The van der Waals surface area contributed by atoms with Crippen molar-refractivity contribution in [3.63, 3.8) is 0 Å². The van der Waals surface area contributed by atoms with Gasteiger partial charge in [0.15, 0.2) is 34.5 Å². The zero-order chi connectivity index (χ0) is 22.5. The van der Waals surface area contributed by atoms with Gasteiger partial charge in [0, 0.05) is 23.2 Å². The van der Waals surface area contributed by atoms with E-state index in [9.17, 15) is 30.6 Å². The SMILES string of the molecule is CCCCC12C3c4cc(O)c(O)cc4C1c1cc(O)c(O)cc1C2c1cc(O)c(O)cc13. The lowest BCUT2D eigenvalue weighted by molar-refractivity contribution is 0.222. The monoisotopic (exact) mass is 432 g/mol. The van der Waals surface area contributed by atoms with E-state index in [0.717, 1.165) is 52.6 Å². The number of hydrogen-bond donors (Lipinski definition) is 6. The van der Waals surface area contributed by atoms with Crippen molar-refractivity contribution in [2.45, 2.75) is 43.9 Å². The van der Waals surface area contributed by atoms with E-state index >= 15 is 0 Å². The van der Waals surface area contributed by atoms with E-state index in [0.29, 0.717) is 0 Å². The van der Waals surface area contributed by atoms with Crippen LogP contribution in [0.25, 0.3) is 0 Å². The zero-order valence-electron chi connectivity index (χ0n) is 17.5. The highest BCUT2D eigenvalue weighted by Gasteiger charge is 2.67. The molecule has 0 atom stereocenters. The average molecular weight is 432 g/mol. The predicted molar refractivity (Wildman–Crippen MR) is 117 cm³/mol.